The molecule has 1 N–H and O–H groups in total. The van der Waals surface area contributed by atoms with E-state index < -0.39 is 5.97 Å². The summed E-state index contributed by atoms with van der Waals surface area (Å²) in [4.78, 5) is 23.5. The first-order valence-corrected chi connectivity index (χ1v) is 21.0. The summed E-state index contributed by atoms with van der Waals surface area (Å²) in [5, 5.41) is 8.91. The molecule has 0 rings (SSSR count). The van der Waals surface area contributed by atoms with Gasteiger partial charge in [0.2, 0.25) is 0 Å². The van der Waals surface area contributed by atoms with Crippen LogP contribution in [-0.4, -0.2) is 23.1 Å². The van der Waals surface area contributed by atoms with E-state index in [2.05, 4.69) is 50.3 Å². The molecule has 280 valence electrons. The van der Waals surface area contributed by atoms with Crippen molar-refractivity contribution in [1.82, 2.24) is 0 Å². The lowest BCUT2D eigenvalue weighted by Gasteiger charge is -2.18. The van der Waals surface area contributed by atoms with Crippen molar-refractivity contribution in [3.63, 3.8) is 0 Å². The van der Waals surface area contributed by atoms with Crippen LogP contribution in [0.4, 0.5) is 0 Å². The van der Waals surface area contributed by atoms with E-state index in [0.717, 1.165) is 64.2 Å². The van der Waals surface area contributed by atoms with Crippen LogP contribution in [-0.2, 0) is 14.3 Å². The van der Waals surface area contributed by atoms with E-state index in [1.54, 1.807) is 0 Å². The number of esters is 1. The Balaban J connectivity index is 3.89. The van der Waals surface area contributed by atoms with Gasteiger partial charge in [-0.3, -0.25) is 9.59 Å². The number of rotatable bonds is 38. The number of unbranched alkanes of at least 4 members (excludes halogenated alkanes) is 23. The molecule has 4 heteroatoms. The minimum absolute atomic E-state index is 0.000319. The fraction of sp³-hybridized carbons (Fsp3) is 0.818. The Hall–Kier alpha value is -1.84. The third-order valence-electron chi connectivity index (χ3n) is 9.38. The zero-order chi connectivity index (χ0) is 35.0. The molecule has 1 atom stereocenters. The van der Waals surface area contributed by atoms with Gasteiger partial charge in [-0.25, -0.2) is 0 Å². The van der Waals surface area contributed by atoms with E-state index in [1.807, 2.05) is 0 Å². The minimum Gasteiger partial charge on any atom is -0.481 e. The number of carboxylic acid groups (broad SMARTS) is 1. The average Bonchev–Trinajstić information content (AvgIpc) is 3.07. The highest BCUT2D eigenvalue weighted by Gasteiger charge is 2.14. The molecule has 0 aromatic carbocycles. The summed E-state index contributed by atoms with van der Waals surface area (Å²) in [5.74, 6) is -0.756. The topological polar surface area (TPSA) is 63.6 Å². The first kappa shape index (κ1) is 46.2. The van der Waals surface area contributed by atoms with Crippen molar-refractivity contribution in [1.29, 1.82) is 0 Å². The monoisotopic (exact) mass is 673 g/mol. The SMILES string of the molecule is CC/C=C\C/C=C\C/C=C\CCCCCCCCCCCC(=O)OC(CCCCCCCCCCCCCCC)CCCCCC(=O)O. The molecule has 0 fully saturated rings. The van der Waals surface area contributed by atoms with Crippen molar-refractivity contribution >= 4 is 11.9 Å². The zero-order valence-electron chi connectivity index (χ0n) is 32.0. The fourth-order valence-corrected chi connectivity index (χ4v) is 6.32. The van der Waals surface area contributed by atoms with E-state index in [-0.39, 0.29) is 18.5 Å². The Morgan fingerprint density at radius 2 is 0.875 bits per heavy atom. The van der Waals surface area contributed by atoms with Gasteiger partial charge in [-0.05, 0) is 70.6 Å². The second kappa shape index (κ2) is 39.6. The molecule has 0 aliphatic heterocycles. The van der Waals surface area contributed by atoms with Crippen LogP contribution in [0.2, 0.25) is 0 Å². The van der Waals surface area contributed by atoms with Gasteiger partial charge >= 0.3 is 11.9 Å². The third-order valence-corrected chi connectivity index (χ3v) is 9.38. The van der Waals surface area contributed by atoms with Gasteiger partial charge in [0.25, 0.3) is 0 Å². The number of carboxylic acids is 1. The Morgan fingerprint density at radius 1 is 0.479 bits per heavy atom. The molecule has 0 spiro atoms. The molecule has 0 aliphatic carbocycles. The summed E-state index contributed by atoms with van der Waals surface area (Å²) < 4.78 is 5.96. The Bertz CT molecular complexity index is 768. The summed E-state index contributed by atoms with van der Waals surface area (Å²) in [6.07, 6.45) is 51.7. The second-order valence-electron chi connectivity index (χ2n) is 14.2. The summed E-state index contributed by atoms with van der Waals surface area (Å²) >= 11 is 0. The van der Waals surface area contributed by atoms with Crippen LogP contribution in [0, 0.1) is 0 Å². The van der Waals surface area contributed by atoms with Crippen LogP contribution in [0.25, 0.3) is 0 Å². The van der Waals surface area contributed by atoms with Gasteiger partial charge < -0.3 is 9.84 Å². The number of hydrogen-bond acceptors (Lipinski definition) is 3. The number of aliphatic carboxylic acids is 1. The average molecular weight is 673 g/mol. The van der Waals surface area contributed by atoms with E-state index in [9.17, 15) is 9.59 Å². The zero-order valence-corrected chi connectivity index (χ0v) is 32.0. The lowest BCUT2D eigenvalue weighted by atomic mass is 10.0. The Labute approximate surface area is 299 Å². The van der Waals surface area contributed by atoms with Gasteiger partial charge in [-0.2, -0.15) is 0 Å². The van der Waals surface area contributed by atoms with Crippen molar-refractivity contribution in [2.24, 2.45) is 0 Å². The van der Waals surface area contributed by atoms with Gasteiger partial charge in [-0.15, -0.1) is 0 Å². The molecule has 4 nitrogen and oxygen atoms in total. The highest BCUT2D eigenvalue weighted by molar-refractivity contribution is 5.69. The highest BCUT2D eigenvalue weighted by Crippen LogP contribution is 2.19. The summed E-state index contributed by atoms with van der Waals surface area (Å²) in [6.45, 7) is 4.45. The quantitative estimate of drug-likeness (QED) is 0.0403. The number of allylic oxidation sites excluding steroid dienone is 6. The van der Waals surface area contributed by atoms with Crippen molar-refractivity contribution in [3.8, 4) is 0 Å². The van der Waals surface area contributed by atoms with E-state index >= 15 is 0 Å². The highest BCUT2D eigenvalue weighted by atomic mass is 16.5. The predicted molar refractivity (Wildman–Crippen MR) is 209 cm³/mol. The summed E-state index contributed by atoms with van der Waals surface area (Å²) in [7, 11) is 0. The molecule has 0 radical (unpaired) electrons. The van der Waals surface area contributed by atoms with Crippen LogP contribution in [0.15, 0.2) is 36.5 Å². The largest absolute Gasteiger partial charge is 0.481 e. The second-order valence-corrected chi connectivity index (χ2v) is 14.2. The third kappa shape index (κ3) is 38.6. The van der Waals surface area contributed by atoms with Crippen LogP contribution >= 0.6 is 0 Å². The van der Waals surface area contributed by atoms with E-state index in [4.69, 9.17) is 9.84 Å². The molecule has 0 saturated heterocycles. The number of carbonyl (C=O) groups excluding carboxylic acids is 1. The Morgan fingerprint density at radius 3 is 1.38 bits per heavy atom. The van der Waals surface area contributed by atoms with Gasteiger partial charge in [0, 0.05) is 12.8 Å². The number of hydrogen-bond donors (Lipinski definition) is 1. The van der Waals surface area contributed by atoms with Gasteiger partial charge in [0.05, 0.1) is 0 Å². The van der Waals surface area contributed by atoms with Crippen molar-refractivity contribution in [2.75, 3.05) is 0 Å². The first-order valence-electron chi connectivity index (χ1n) is 21.0. The molecule has 0 aromatic rings. The molecular formula is C44H80O4. The number of ether oxygens (including phenoxy) is 1. The van der Waals surface area contributed by atoms with E-state index in [1.165, 1.54) is 128 Å². The van der Waals surface area contributed by atoms with Gasteiger partial charge in [0.15, 0.2) is 0 Å². The predicted octanol–water partition coefficient (Wildman–Crippen LogP) is 14.6. The minimum atomic E-state index is -0.723. The van der Waals surface area contributed by atoms with Gasteiger partial charge in [-0.1, -0.05) is 179 Å². The molecule has 0 aromatic heterocycles. The van der Waals surface area contributed by atoms with Crippen molar-refractivity contribution < 1.29 is 19.4 Å². The fourth-order valence-electron chi connectivity index (χ4n) is 6.32. The molecular weight excluding hydrogens is 592 g/mol. The van der Waals surface area contributed by atoms with Crippen LogP contribution in [0.5, 0.6) is 0 Å². The standard InChI is InChI=1S/C44H80O4/c1-3-5-7-9-11-13-15-17-18-19-20-21-22-24-26-28-30-32-37-41-44(47)48-42(39-35-33-36-40-43(45)46)38-34-31-29-27-25-23-16-14-12-10-8-6-4-2/h5,7,11,13,17-18,42H,3-4,6,8-10,12,14-16,19-41H2,1-2H3,(H,45,46)/b7-5-,13-11-,18-17-. The maximum atomic E-state index is 12.6. The molecule has 48 heavy (non-hydrogen) atoms. The van der Waals surface area contributed by atoms with Crippen LogP contribution < -0.4 is 0 Å². The molecule has 1 unspecified atom stereocenters. The molecule has 0 aliphatic rings. The van der Waals surface area contributed by atoms with Crippen LogP contribution in [0.1, 0.15) is 226 Å². The molecule has 0 amide bonds. The summed E-state index contributed by atoms with van der Waals surface area (Å²) in [5.41, 5.74) is 0. The first-order chi connectivity index (χ1) is 23.6. The smallest absolute Gasteiger partial charge is 0.306 e. The number of carbonyl (C=O) groups is 2. The molecule has 0 heterocycles. The van der Waals surface area contributed by atoms with Crippen molar-refractivity contribution in [2.45, 2.75) is 232 Å². The Kier molecular flexibility index (Phi) is 38.1. The lowest BCUT2D eigenvalue weighted by Crippen LogP contribution is -2.18. The normalized spacial score (nSPS) is 12.5. The lowest BCUT2D eigenvalue weighted by molar-refractivity contribution is -0.150. The van der Waals surface area contributed by atoms with Crippen LogP contribution in [0.3, 0.4) is 0 Å². The molecule has 0 bridgehead atoms. The van der Waals surface area contributed by atoms with E-state index in [0.29, 0.717) is 12.8 Å². The maximum absolute atomic E-state index is 12.6. The van der Waals surface area contributed by atoms with Crippen molar-refractivity contribution in [3.05, 3.63) is 36.5 Å². The molecule has 0 saturated carbocycles. The van der Waals surface area contributed by atoms with Gasteiger partial charge in [0.1, 0.15) is 6.10 Å². The summed E-state index contributed by atoms with van der Waals surface area (Å²) in [6, 6.07) is 0. The maximum Gasteiger partial charge on any atom is 0.306 e.